The largest absolute Gasteiger partial charge is 0.465 e. The first-order valence-corrected chi connectivity index (χ1v) is 13.8. The molecule has 0 aromatic heterocycles. The molecule has 3 aliphatic heterocycles. The van der Waals surface area contributed by atoms with E-state index in [-0.39, 0.29) is 31.6 Å². The number of halogens is 1. The molecule has 38 heavy (non-hydrogen) atoms. The minimum absolute atomic E-state index is 0.0666. The lowest BCUT2D eigenvalue weighted by Crippen LogP contribution is -2.56. The predicted octanol–water partition coefficient (Wildman–Crippen LogP) is 3.91. The van der Waals surface area contributed by atoms with E-state index in [1.54, 1.807) is 46.2 Å². The molecule has 1 spiro atoms. The highest BCUT2D eigenvalue weighted by molar-refractivity contribution is 6.30. The maximum absolute atomic E-state index is 14.3. The Labute approximate surface area is 229 Å². The highest BCUT2D eigenvalue weighted by Crippen LogP contribution is 2.59. The Bertz CT molecular complexity index is 1050. The zero-order valence-corrected chi connectivity index (χ0v) is 22.5. The van der Waals surface area contributed by atoms with Crippen LogP contribution < -0.4 is 4.90 Å². The van der Waals surface area contributed by atoms with E-state index in [1.165, 1.54) is 0 Å². The SMILES string of the molecule is C=CCCCOC(=O)[C@@H]1[C@@H]2CCC3(O2)C(C(=O)N(CC=C)c2ccc(Cl)cc2)N(CCCCCO)C(=O)[C@H]13. The normalized spacial score (nSPS) is 27.3. The van der Waals surface area contributed by atoms with E-state index in [2.05, 4.69) is 13.2 Å². The molecular weight excluding hydrogens is 508 g/mol. The Morgan fingerprint density at radius 3 is 2.63 bits per heavy atom. The Balaban J connectivity index is 1.66. The molecule has 2 bridgehead atoms. The maximum atomic E-state index is 14.3. The van der Waals surface area contributed by atoms with Gasteiger partial charge in [0.05, 0.1) is 24.5 Å². The first-order chi connectivity index (χ1) is 18.4. The number of amides is 2. The number of hydrogen-bond donors (Lipinski definition) is 1. The summed E-state index contributed by atoms with van der Waals surface area (Å²) >= 11 is 6.08. The molecule has 8 nitrogen and oxygen atoms in total. The van der Waals surface area contributed by atoms with E-state index in [0.717, 1.165) is 6.42 Å². The molecule has 1 aromatic rings. The summed E-state index contributed by atoms with van der Waals surface area (Å²) in [6, 6.07) is 6.07. The molecule has 2 unspecified atom stereocenters. The third-order valence-electron chi connectivity index (χ3n) is 7.88. The number of carbonyl (C=O) groups excluding carboxylic acids is 3. The number of aliphatic hydroxyl groups is 1. The van der Waals surface area contributed by atoms with Crippen LogP contribution in [0, 0.1) is 11.8 Å². The highest BCUT2D eigenvalue weighted by atomic mass is 35.5. The number of fused-ring (bicyclic) bond motifs is 1. The van der Waals surface area contributed by atoms with Gasteiger partial charge in [-0.25, -0.2) is 0 Å². The van der Waals surface area contributed by atoms with E-state index < -0.39 is 35.6 Å². The number of benzene rings is 1. The number of carbonyl (C=O) groups is 3. The fourth-order valence-corrected chi connectivity index (χ4v) is 6.35. The number of esters is 1. The van der Waals surface area contributed by atoms with Crippen molar-refractivity contribution < 1.29 is 29.0 Å². The number of hydrogen-bond acceptors (Lipinski definition) is 6. The van der Waals surface area contributed by atoms with Crippen molar-refractivity contribution >= 4 is 35.1 Å². The van der Waals surface area contributed by atoms with Gasteiger partial charge in [-0.15, -0.1) is 13.2 Å². The molecule has 5 atom stereocenters. The van der Waals surface area contributed by atoms with Crippen LogP contribution in [0.25, 0.3) is 0 Å². The first kappa shape index (κ1) is 28.3. The second-order valence-electron chi connectivity index (χ2n) is 10.2. The summed E-state index contributed by atoms with van der Waals surface area (Å²) in [5.74, 6) is -2.45. The molecule has 3 saturated heterocycles. The molecule has 0 radical (unpaired) electrons. The zero-order valence-electron chi connectivity index (χ0n) is 21.7. The number of unbranched alkanes of at least 4 members (excludes halogenated alkanes) is 3. The summed E-state index contributed by atoms with van der Waals surface area (Å²) < 4.78 is 12.0. The molecular formula is C29H37ClN2O6. The minimum Gasteiger partial charge on any atom is -0.465 e. The van der Waals surface area contributed by atoms with Crippen molar-refractivity contribution in [1.29, 1.82) is 0 Å². The third-order valence-corrected chi connectivity index (χ3v) is 8.13. The van der Waals surface area contributed by atoms with E-state index in [1.807, 2.05) is 0 Å². The van der Waals surface area contributed by atoms with Crippen molar-refractivity contribution in [2.75, 3.05) is 31.2 Å². The summed E-state index contributed by atoms with van der Waals surface area (Å²) in [5.41, 5.74) is -0.454. The van der Waals surface area contributed by atoms with Gasteiger partial charge in [-0.3, -0.25) is 14.4 Å². The number of ether oxygens (including phenoxy) is 2. The van der Waals surface area contributed by atoms with Crippen LogP contribution in [0.15, 0.2) is 49.6 Å². The van der Waals surface area contributed by atoms with Gasteiger partial charge < -0.3 is 24.4 Å². The molecule has 3 heterocycles. The zero-order chi connectivity index (χ0) is 27.3. The Kier molecular flexibility index (Phi) is 9.28. The summed E-state index contributed by atoms with van der Waals surface area (Å²) in [7, 11) is 0. The van der Waals surface area contributed by atoms with E-state index in [4.69, 9.17) is 21.1 Å². The smallest absolute Gasteiger partial charge is 0.312 e. The second-order valence-corrected chi connectivity index (χ2v) is 10.6. The predicted molar refractivity (Wildman–Crippen MR) is 145 cm³/mol. The van der Waals surface area contributed by atoms with E-state index >= 15 is 0 Å². The standard InChI is InChI=1S/C29H37ClN2O6/c1-3-5-9-19-37-28(36)23-22-14-15-29(38-22)24(23)26(34)32(17-7-6-8-18-33)25(29)27(35)31(16-4-2)21-12-10-20(30)11-13-21/h3-4,10-13,22-25,33H,1-2,5-9,14-19H2/t22-,23+,24-,25?,29?/m0/s1. The van der Waals surface area contributed by atoms with Crippen LogP contribution in [0.4, 0.5) is 5.69 Å². The summed E-state index contributed by atoms with van der Waals surface area (Å²) in [6.07, 6.45) is 7.39. The second kappa shape index (κ2) is 12.5. The van der Waals surface area contributed by atoms with Gasteiger partial charge in [0.15, 0.2) is 0 Å². The number of anilines is 1. The van der Waals surface area contributed by atoms with E-state index in [9.17, 15) is 19.5 Å². The van der Waals surface area contributed by atoms with Crippen LogP contribution in [-0.4, -0.2) is 71.8 Å². The lowest BCUT2D eigenvalue weighted by Gasteiger charge is -2.36. The van der Waals surface area contributed by atoms with Crippen LogP contribution in [0.2, 0.25) is 5.02 Å². The molecule has 206 valence electrons. The highest BCUT2D eigenvalue weighted by Gasteiger charge is 2.75. The fraction of sp³-hybridized carbons (Fsp3) is 0.552. The number of likely N-dealkylation sites (tertiary alicyclic amines) is 1. The average molecular weight is 545 g/mol. The quantitative estimate of drug-likeness (QED) is 0.217. The van der Waals surface area contributed by atoms with Crippen molar-refractivity contribution in [3.05, 3.63) is 54.6 Å². The van der Waals surface area contributed by atoms with Gasteiger partial charge in [-0.05, 0) is 69.2 Å². The summed E-state index contributed by atoms with van der Waals surface area (Å²) in [5, 5.41) is 9.76. The molecule has 4 rings (SSSR count). The number of aliphatic hydroxyl groups excluding tert-OH is 1. The summed E-state index contributed by atoms with van der Waals surface area (Å²) in [4.78, 5) is 44.7. The molecule has 1 aromatic carbocycles. The van der Waals surface area contributed by atoms with Gasteiger partial charge in [0.1, 0.15) is 11.6 Å². The van der Waals surface area contributed by atoms with Crippen LogP contribution in [0.1, 0.15) is 44.9 Å². The van der Waals surface area contributed by atoms with Crippen molar-refractivity contribution in [3.63, 3.8) is 0 Å². The van der Waals surface area contributed by atoms with Gasteiger partial charge in [0.2, 0.25) is 5.91 Å². The molecule has 3 aliphatic rings. The number of nitrogens with zero attached hydrogens (tertiary/aromatic N) is 2. The Morgan fingerprint density at radius 1 is 1.18 bits per heavy atom. The van der Waals surface area contributed by atoms with Crippen molar-refractivity contribution in [3.8, 4) is 0 Å². The third kappa shape index (κ3) is 5.26. The molecule has 0 aliphatic carbocycles. The van der Waals surface area contributed by atoms with Crippen LogP contribution in [0.3, 0.4) is 0 Å². The van der Waals surface area contributed by atoms with Gasteiger partial charge in [0, 0.05) is 30.4 Å². The van der Waals surface area contributed by atoms with Gasteiger partial charge in [-0.2, -0.15) is 0 Å². The van der Waals surface area contributed by atoms with Crippen molar-refractivity contribution in [1.82, 2.24) is 4.90 Å². The number of allylic oxidation sites excluding steroid dienone is 1. The maximum Gasteiger partial charge on any atom is 0.312 e. The topological polar surface area (TPSA) is 96.4 Å². The Morgan fingerprint density at radius 2 is 1.95 bits per heavy atom. The van der Waals surface area contributed by atoms with Crippen LogP contribution >= 0.6 is 11.6 Å². The first-order valence-electron chi connectivity index (χ1n) is 13.4. The lowest BCUT2D eigenvalue weighted by atomic mass is 9.70. The van der Waals surface area contributed by atoms with Crippen LogP contribution in [0.5, 0.6) is 0 Å². The van der Waals surface area contributed by atoms with E-state index in [0.29, 0.717) is 55.8 Å². The van der Waals surface area contributed by atoms with Gasteiger partial charge >= 0.3 is 5.97 Å². The summed E-state index contributed by atoms with van der Waals surface area (Å²) in [6.45, 7) is 8.40. The molecule has 3 fully saturated rings. The molecule has 0 saturated carbocycles. The van der Waals surface area contributed by atoms with Gasteiger partial charge in [0.25, 0.3) is 5.91 Å². The van der Waals surface area contributed by atoms with Gasteiger partial charge in [-0.1, -0.05) is 23.8 Å². The Hall–Kier alpha value is -2.68. The lowest BCUT2D eigenvalue weighted by molar-refractivity contribution is -0.155. The molecule has 1 N–H and O–H groups in total. The molecule has 2 amide bonds. The van der Waals surface area contributed by atoms with Crippen molar-refractivity contribution in [2.24, 2.45) is 11.8 Å². The fourth-order valence-electron chi connectivity index (χ4n) is 6.23. The minimum atomic E-state index is -1.09. The van der Waals surface area contributed by atoms with Crippen molar-refractivity contribution in [2.45, 2.75) is 62.7 Å². The molecule has 9 heteroatoms. The average Bonchev–Trinajstić information content (AvgIpc) is 3.55. The monoisotopic (exact) mass is 544 g/mol. The van der Waals surface area contributed by atoms with Crippen LogP contribution in [-0.2, 0) is 23.9 Å². The number of rotatable bonds is 14.